The van der Waals surface area contributed by atoms with Crippen LogP contribution in [0.4, 0.5) is 0 Å². The largest absolute Gasteiger partial charge is 0.373 e. The van der Waals surface area contributed by atoms with Crippen LogP contribution >= 0.6 is 0 Å². The van der Waals surface area contributed by atoms with Crippen molar-refractivity contribution in [1.29, 1.82) is 0 Å². The minimum atomic E-state index is 0.497. The van der Waals surface area contributed by atoms with Gasteiger partial charge in [0.2, 0.25) is 0 Å². The Morgan fingerprint density at radius 1 is 1.82 bits per heavy atom. The first kappa shape index (κ1) is 6.79. The molecular formula is C7H11N3O. The predicted molar refractivity (Wildman–Crippen MR) is 39.1 cm³/mol. The molecule has 0 N–H and O–H groups in total. The first-order valence-electron chi connectivity index (χ1n) is 3.81. The summed E-state index contributed by atoms with van der Waals surface area (Å²) in [6.07, 6.45) is 4.51. The van der Waals surface area contributed by atoms with Crippen molar-refractivity contribution >= 4 is 0 Å². The number of hydrogen-bond acceptors (Lipinski definition) is 3. The average Bonchev–Trinajstić information content (AvgIpc) is 2.72. The molecule has 1 aromatic heterocycles. The molecule has 1 unspecified atom stereocenters. The molecular weight excluding hydrogens is 142 g/mol. The van der Waals surface area contributed by atoms with Crippen LogP contribution in [0.15, 0.2) is 6.20 Å². The van der Waals surface area contributed by atoms with Crippen molar-refractivity contribution in [2.24, 2.45) is 7.05 Å². The minimum Gasteiger partial charge on any atom is -0.373 e. The zero-order valence-corrected chi connectivity index (χ0v) is 6.53. The molecule has 0 bridgehead atoms. The van der Waals surface area contributed by atoms with E-state index in [2.05, 4.69) is 10.3 Å². The molecule has 1 fully saturated rings. The monoisotopic (exact) mass is 153 g/mol. The van der Waals surface area contributed by atoms with Crippen molar-refractivity contribution in [3.05, 3.63) is 11.9 Å². The molecule has 11 heavy (non-hydrogen) atoms. The number of nitrogens with zero attached hydrogens (tertiary/aromatic N) is 3. The Morgan fingerprint density at radius 3 is 3.18 bits per heavy atom. The zero-order valence-electron chi connectivity index (χ0n) is 6.53. The van der Waals surface area contributed by atoms with E-state index in [1.807, 2.05) is 13.2 Å². The van der Waals surface area contributed by atoms with Crippen molar-refractivity contribution in [3.8, 4) is 0 Å². The van der Waals surface area contributed by atoms with Gasteiger partial charge in [-0.15, -0.1) is 5.10 Å². The third-order valence-electron chi connectivity index (χ3n) is 1.77. The van der Waals surface area contributed by atoms with Crippen molar-refractivity contribution < 1.29 is 4.74 Å². The van der Waals surface area contributed by atoms with Gasteiger partial charge in [0.25, 0.3) is 0 Å². The van der Waals surface area contributed by atoms with E-state index in [0.29, 0.717) is 6.10 Å². The van der Waals surface area contributed by atoms with Gasteiger partial charge >= 0.3 is 0 Å². The Bertz CT molecular complexity index is 242. The minimum absolute atomic E-state index is 0.497. The van der Waals surface area contributed by atoms with Crippen LogP contribution in [0, 0.1) is 0 Å². The van der Waals surface area contributed by atoms with Crippen molar-refractivity contribution in [1.82, 2.24) is 15.0 Å². The van der Waals surface area contributed by atoms with Gasteiger partial charge in [0, 0.05) is 13.2 Å². The quantitative estimate of drug-likeness (QED) is 0.580. The van der Waals surface area contributed by atoms with Crippen molar-refractivity contribution in [2.45, 2.75) is 18.9 Å². The molecule has 0 amide bonds. The fourth-order valence-electron chi connectivity index (χ4n) is 1.05. The van der Waals surface area contributed by atoms with Gasteiger partial charge in [-0.1, -0.05) is 5.21 Å². The third-order valence-corrected chi connectivity index (χ3v) is 1.77. The summed E-state index contributed by atoms with van der Waals surface area (Å²) < 4.78 is 6.81. The molecule has 1 aliphatic heterocycles. The number of aromatic nitrogens is 3. The van der Waals surface area contributed by atoms with Crippen LogP contribution in [-0.2, 0) is 18.2 Å². The molecule has 2 heterocycles. The van der Waals surface area contributed by atoms with E-state index in [4.69, 9.17) is 4.74 Å². The summed E-state index contributed by atoms with van der Waals surface area (Å²) in [5.74, 6) is 0. The number of aryl methyl sites for hydroxylation is 2. The van der Waals surface area contributed by atoms with Crippen LogP contribution in [0.25, 0.3) is 0 Å². The number of ether oxygens (including phenoxy) is 1. The summed E-state index contributed by atoms with van der Waals surface area (Å²) in [6, 6.07) is 0. The van der Waals surface area contributed by atoms with Gasteiger partial charge in [-0.25, -0.2) is 0 Å². The molecule has 2 rings (SSSR count). The van der Waals surface area contributed by atoms with Gasteiger partial charge in [0.05, 0.1) is 18.4 Å². The van der Waals surface area contributed by atoms with Crippen molar-refractivity contribution in [2.75, 3.05) is 6.61 Å². The molecule has 4 heteroatoms. The maximum atomic E-state index is 5.08. The summed E-state index contributed by atoms with van der Waals surface area (Å²) >= 11 is 0. The number of hydrogen-bond donors (Lipinski definition) is 0. The highest BCUT2D eigenvalue weighted by Crippen LogP contribution is 2.15. The third kappa shape index (κ3) is 1.77. The highest BCUT2D eigenvalue weighted by Gasteiger charge is 2.21. The van der Waals surface area contributed by atoms with E-state index in [9.17, 15) is 0 Å². The number of rotatable bonds is 3. The standard InChI is InChI=1S/C7H11N3O/c1-10-4-6(8-9-10)2-3-7-5-11-7/h4,7H,2-3,5H2,1H3. The summed E-state index contributed by atoms with van der Waals surface area (Å²) in [6.45, 7) is 0.931. The fraction of sp³-hybridized carbons (Fsp3) is 0.714. The summed E-state index contributed by atoms with van der Waals surface area (Å²) in [5.41, 5.74) is 1.06. The highest BCUT2D eigenvalue weighted by molar-refractivity contribution is 4.93. The molecule has 1 saturated heterocycles. The Labute approximate surface area is 65.2 Å². The van der Waals surface area contributed by atoms with Crippen LogP contribution in [0.1, 0.15) is 12.1 Å². The van der Waals surface area contributed by atoms with Gasteiger partial charge in [0.1, 0.15) is 0 Å². The predicted octanol–water partition coefficient (Wildman–Crippen LogP) is 0.146. The van der Waals surface area contributed by atoms with E-state index >= 15 is 0 Å². The zero-order chi connectivity index (χ0) is 7.68. The SMILES string of the molecule is Cn1cc(CCC2CO2)nn1. The second-order valence-corrected chi connectivity index (χ2v) is 2.88. The second kappa shape index (κ2) is 2.62. The van der Waals surface area contributed by atoms with Crippen LogP contribution in [0.3, 0.4) is 0 Å². The lowest BCUT2D eigenvalue weighted by atomic mass is 10.2. The van der Waals surface area contributed by atoms with E-state index in [1.165, 1.54) is 0 Å². The number of epoxide rings is 1. The molecule has 1 aromatic rings. The second-order valence-electron chi connectivity index (χ2n) is 2.88. The Hall–Kier alpha value is -0.900. The molecule has 60 valence electrons. The van der Waals surface area contributed by atoms with Crippen LogP contribution < -0.4 is 0 Å². The first-order chi connectivity index (χ1) is 5.34. The van der Waals surface area contributed by atoms with E-state index < -0.39 is 0 Å². The fourth-order valence-corrected chi connectivity index (χ4v) is 1.05. The topological polar surface area (TPSA) is 43.2 Å². The molecule has 0 aromatic carbocycles. The maximum Gasteiger partial charge on any atom is 0.0828 e. The van der Waals surface area contributed by atoms with Gasteiger partial charge in [0.15, 0.2) is 0 Å². The Morgan fingerprint density at radius 2 is 2.64 bits per heavy atom. The molecule has 0 aliphatic carbocycles. The lowest BCUT2D eigenvalue weighted by molar-refractivity contribution is 0.396. The summed E-state index contributed by atoms with van der Waals surface area (Å²) in [7, 11) is 1.88. The lowest BCUT2D eigenvalue weighted by Gasteiger charge is -1.88. The normalized spacial score (nSPS) is 22.1. The lowest BCUT2D eigenvalue weighted by Crippen LogP contribution is -1.90. The maximum absolute atomic E-state index is 5.08. The van der Waals surface area contributed by atoms with Crippen molar-refractivity contribution in [3.63, 3.8) is 0 Å². The summed E-state index contributed by atoms with van der Waals surface area (Å²) in [4.78, 5) is 0. The Balaban J connectivity index is 1.85. The smallest absolute Gasteiger partial charge is 0.0828 e. The first-order valence-corrected chi connectivity index (χ1v) is 3.81. The molecule has 4 nitrogen and oxygen atoms in total. The van der Waals surface area contributed by atoms with Gasteiger partial charge in [-0.2, -0.15) is 0 Å². The van der Waals surface area contributed by atoms with Gasteiger partial charge in [-0.3, -0.25) is 4.68 Å². The van der Waals surface area contributed by atoms with Gasteiger partial charge in [-0.05, 0) is 12.8 Å². The van der Waals surface area contributed by atoms with Crippen LogP contribution in [0.5, 0.6) is 0 Å². The highest BCUT2D eigenvalue weighted by atomic mass is 16.6. The van der Waals surface area contributed by atoms with E-state index in [1.54, 1.807) is 4.68 Å². The molecule has 0 spiro atoms. The van der Waals surface area contributed by atoms with Crippen LogP contribution in [-0.4, -0.2) is 27.7 Å². The molecule has 0 saturated carbocycles. The van der Waals surface area contributed by atoms with Gasteiger partial charge < -0.3 is 4.74 Å². The summed E-state index contributed by atoms with van der Waals surface area (Å²) in [5, 5.41) is 7.81. The molecule has 1 atom stereocenters. The van der Waals surface area contributed by atoms with E-state index in [0.717, 1.165) is 25.1 Å². The average molecular weight is 153 g/mol. The molecule has 0 radical (unpaired) electrons. The van der Waals surface area contributed by atoms with E-state index in [-0.39, 0.29) is 0 Å². The Kier molecular flexibility index (Phi) is 1.62. The molecule has 1 aliphatic rings. The van der Waals surface area contributed by atoms with Crippen LogP contribution in [0.2, 0.25) is 0 Å².